The van der Waals surface area contributed by atoms with Crippen molar-refractivity contribution in [3.63, 3.8) is 0 Å². The second-order valence-corrected chi connectivity index (χ2v) is 7.75. The van der Waals surface area contributed by atoms with Gasteiger partial charge in [-0.25, -0.2) is 0 Å². The third kappa shape index (κ3) is 4.63. The second kappa shape index (κ2) is 8.66. The van der Waals surface area contributed by atoms with E-state index in [0.717, 1.165) is 19.0 Å². The lowest BCUT2D eigenvalue weighted by Gasteiger charge is -2.40. The minimum atomic E-state index is 0.758. The molecule has 1 aliphatic carbocycles. The average molecular weight is 347 g/mol. The van der Waals surface area contributed by atoms with Gasteiger partial charge in [0.2, 0.25) is 0 Å². The van der Waals surface area contributed by atoms with Crippen molar-refractivity contribution in [1.29, 1.82) is 0 Å². The Hall–Kier alpha value is -1.90. The largest absolute Gasteiger partial charge is 0.298 e. The third-order valence-electron chi connectivity index (χ3n) is 5.92. The molecule has 2 aromatic rings. The van der Waals surface area contributed by atoms with Gasteiger partial charge in [-0.05, 0) is 36.8 Å². The third-order valence-corrected chi connectivity index (χ3v) is 5.92. The summed E-state index contributed by atoms with van der Waals surface area (Å²) in [6, 6.07) is 22.5. The second-order valence-electron chi connectivity index (χ2n) is 7.75. The molecule has 0 bridgehead atoms. The fraction of sp³-hybridized carbons (Fsp3) is 0.417. The molecule has 1 fully saturated rings. The molecular weight excluding hydrogens is 316 g/mol. The molecule has 2 aromatic carbocycles. The van der Waals surface area contributed by atoms with E-state index in [4.69, 9.17) is 0 Å². The summed E-state index contributed by atoms with van der Waals surface area (Å²) in [6.07, 6.45) is 7.50. The first-order valence-electron chi connectivity index (χ1n) is 10.1. The van der Waals surface area contributed by atoms with E-state index in [2.05, 4.69) is 76.5 Å². The van der Waals surface area contributed by atoms with Crippen molar-refractivity contribution in [2.45, 2.75) is 38.3 Å². The number of rotatable bonds is 5. The molecule has 0 N–H and O–H groups in total. The van der Waals surface area contributed by atoms with Gasteiger partial charge in [0.15, 0.2) is 0 Å². The first-order valence-corrected chi connectivity index (χ1v) is 10.1. The summed E-state index contributed by atoms with van der Waals surface area (Å²) in [7, 11) is 0. The molecule has 0 spiro atoms. The Balaban J connectivity index is 1.24. The number of hydrogen-bond acceptors (Lipinski definition) is 2. The molecule has 136 valence electrons. The summed E-state index contributed by atoms with van der Waals surface area (Å²) in [6.45, 7) is 5.94. The minimum Gasteiger partial charge on any atom is -0.298 e. The van der Waals surface area contributed by atoms with E-state index in [0.29, 0.717) is 0 Å². The van der Waals surface area contributed by atoms with E-state index in [9.17, 15) is 0 Å². The maximum atomic E-state index is 2.73. The molecule has 4 rings (SSSR count). The van der Waals surface area contributed by atoms with Crippen molar-refractivity contribution in [2.75, 3.05) is 26.2 Å². The Morgan fingerprint density at radius 2 is 1.42 bits per heavy atom. The highest BCUT2D eigenvalue weighted by Crippen LogP contribution is 2.26. The smallest absolute Gasteiger partial charge is 0.0234 e. The van der Waals surface area contributed by atoms with E-state index in [1.165, 1.54) is 56.6 Å². The monoisotopic (exact) mass is 346 g/mol. The van der Waals surface area contributed by atoms with Crippen molar-refractivity contribution in [1.82, 2.24) is 9.80 Å². The molecule has 1 atom stereocenters. The molecule has 0 radical (unpaired) electrons. The molecule has 2 heteroatoms. The topological polar surface area (TPSA) is 6.48 Å². The quantitative estimate of drug-likeness (QED) is 0.734. The van der Waals surface area contributed by atoms with Gasteiger partial charge in [0.25, 0.3) is 0 Å². The fourth-order valence-corrected chi connectivity index (χ4v) is 4.35. The molecular formula is C24H30N2. The van der Waals surface area contributed by atoms with E-state index in [1.54, 1.807) is 5.57 Å². The van der Waals surface area contributed by atoms with E-state index >= 15 is 0 Å². The molecule has 1 unspecified atom stereocenters. The summed E-state index contributed by atoms with van der Waals surface area (Å²) >= 11 is 0. The maximum Gasteiger partial charge on any atom is 0.0234 e. The van der Waals surface area contributed by atoms with Gasteiger partial charge in [-0.1, -0.05) is 72.3 Å². The van der Waals surface area contributed by atoms with E-state index in [1.807, 2.05) is 0 Å². The molecule has 2 aliphatic rings. The Kier molecular flexibility index (Phi) is 5.83. The van der Waals surface area contributed by atoms with Crippen molar-refractivity contribution in [3.05, 3.63) is 83.4 Å². The highest BCUT2D eigenvalue weighted by atomic mass is 15.3. The molecule has 0 aromatic heterocycles. The number of benzene rings is 2. The van der Waals surface area contributed by atoms with Gasteiger partial charge in [-0.2, -0.15) is 0 Å². The van der Waals surface area contributed by atoms with Crippen molar-refractivity contribution in [2.24, 2.45) is 0 Å². The summed E-state index contributed by atoms with van der Waals surface area (Å²) in [5.74, 6) is 0. The van der Waals surface area contributed by atoms with Gasteiger partial charge >= 0.3 is 0 Å². The van der Waals surface area contributed by atoms with Crippen LogP contribution in [0.2, 0.25) is 0 Å². The minimum absolute atomic E-state index is 0.758. The molecule has 0 amide bonds. The van der Waals surface area contributed by atoms with Crippen LogP contribution in [0.3, 0.4) is 0 Å². The highest BCUT2D eigenvalue weighted by molar-refractivity contribution is 5.23. The van der Waals surface area contributed by atoms with Crippen LogP contribution in [0.4, 0.5) is 0 Å². The van der Waals surface area contributed by atoms with Crippen molar-refractivity contribution < 1.29 is 0 Å². The van der Waals surface area contributed by atoms with Crippen LogP contribution in [0.25, 0.3) is 0 Å². The van der Waals surface area contributed by atoms with Gasteiger partial charge in [0.05, 0.1) is 0 Å². The van der Waals surface area contributed by atoms with Gasteiger partial charge in [-0.15, -0.1) is 0 Å². The number of hydrogen-bond donors (Lipinski definition) is 0. The van der Waals surface area contributed by atoms with Gasteiger partial charge in [0.1, 0.15) is 0 Å². The summed E-state index contributed by atoms with van der Waals surface area (Å²) in [4.78, 5) is 5.34. The highest BCUT2D eigenvalue weighted by Gasteiger charge is 2.25. The summed E-state index contributed by atoms with van der Waals surface area (Å²) < 4.78 is 0. The zero-order valence-electron chi connectivity index (χ0n) is 15.7. The molecule has 2 nitrogen and oxygen atoms in total. The predicted molar refractivity (Wildman–Crippen MR) is 109 cm³/mol. The lowest BCUT2D eigenvalue weighted by Crippen LogP contribution is -2.50. The zero-order valence-corrected chi connectivity index (χ0v) is 15.7. The first-order chi connectivity index (χ1) is 12.9. The first kappa shape index (κ1) is 17.5. The van der Waals surface area contributed by atoms with Crippen LogP contribution in [-0.4, -0.2) is 42.0 Å². The predicted octanol–water partition coefficient (Wildman–Crippen LogP) is 4.53. The molecule has 0 saturated carbocycles. The standard InChI is InChI=1S/C24H30N2/c1-3-7-21(8-4-1)19-22-11-13-24(14-12-22)26-17-15-25(16-18-26)20-23-9-5-2-6-10-23/h1-11,24H,12-20H2. The van der Waals surface area contributed by atoms with Crippen LogP contribution in [0.1, 0.15) is 30.4 Å². The van der Waals surface area contributed by atoms with Crippen molar-refractivity contribution >= 4 is 0 Å². The molecule has 26 heavy (non-hydrogen) atoms. The van der Waals surface area contributed by atoms with E-state index in [-0.39, 0.29) is 0 Å². The lowest BCUT2D eigenvalue weighted by atomic mass is 9.90. The average Bonchev–Trinajstić information content (AvgIpc) is 2.71. The summed E-state index contributed by atoms with van der Waals surface area (Å²) in [5.41, 5.74) is 4.52. The lowest BCUT2D eigenvalue weighted by molar-refractivity contribution is 0.0869. The fourth-order valence-electron chi connectivity index (χ4n) is 4.35. The SMILES string of the molecule is C1=C(Cc2ccccc2)CCC(N2CCN(Cc3ccccc3)CC2)C1. The van der Waals surface area contributed by atoms with E-state index < -0.39 is 0 Å². The van der Waals surface area contributed by atoms with Crippen LogP contribution in [0, 0.1) is 0 Å². The van der Waals surface area contributed by atoms with Crippen LogP contribution >= 0.6 is 0 Å². The van der Waals surface area contributed by atoms with Crippen LogP contribution in [-0.2, 0) is 13.0 Å². The van der Waals surface area contributed by atoms with Gasteiger partial charge < -0.3 is 0 Å². The van der Waals surface area contributed by atoms with Gasteiger partial charge in [-0.3, -0.25) is 9.80 Å². The summed E-state index contributed by atoms with van der Waals surface area (Å²) in [5, 5.41) is 0. The van der Waals surface area contributed by atoms with Crippen LogP contribution in [0.15, 0.2) is 72.3 Å². The molecule has 1 saturated heterocycles. The Morgan fingerprint density at radius 3 is 2.04 bits per heavy atom. The Bertz CT molecular complexity index is 700. The van der Waals surface area contributed by atoms with Crippen molar-refractivity contribution in [3.8, 4) is 0 Å². The Morgan fingerprint density at radius 1 is 0.769 bits per heavy atom. The van der Waals surface area contributed by atoms with Crippen LogP contribution < -0.4 is 0 Å². The number of piperazine rings is 1. The zero-order chi connectivity index (χ0) is 17.6. The normalized spacial score (nSPS) is 22.2. The Labute approximate surface area is 158 Å². The maximum absolute atomic E-state index is 2.73. The molecule has 1 aliphatic heterocycles. The number of allylic oxidation sites excluding steroid dienone is 1. The van der Waals surface area contributed by atoms with Crippen LogP contribution in [0.5, 0.6) is 0 Å². The molecule has 1 heterocycles. The van der Waals surface area contributed by atoms with Gasteiger partial charge in [0, 0.05) is 38.8 Å². The number of nitrogens with zero attached hydrogens (tertiary/aromatic N) is 2.